The number of nitrogens with zero attached hydrogens (tertiary/aromatic N) is 3. The largest absolute Gasteiger partial charge is 0.468 e. The van der Waals surface area contributed by atoms with Crippen molar-refractivity contribution in [2.24, 2.45) is 0 Å². The summed E-state index contributed by atoms with van der Waals surface area (Å²) in [4.78, 5) is 43.8. The lowest BCUT2D eigenvalue weighted by molar-refractivity contribution is -0.141. The molecule has 34 heavy (non-hydrogen) atoms. The van der Waals surface area contributed by atoms with Crippen molar-refractivity contribution in [2.45, 2.75) is 56.0 Å². The number of hydrogen-bond donors (Lipinski definition) is 1. The van der Waals surface area contributed by atoms with E-state index in [0.29, 0.717) is 21.5 Å². The van der Waals surface area contributed by atoms with Gasteiger partial charge in [-0.3, -0.25) is 19.0 Å². The highest BCUT2D eigenvalue weighted by Gasteiger charge is 2.25. The molecular weight excluding hydrogens is 472 g/mol. The van der Waals surface area contributed by atoms with Gasteiger partial charge in [0.2, 0.25) is 5.91 Å². The Labute approximate surface area is 204 Å². The van der Waals surface area contributed by atoms with Crippen LogP contribution in [-0.4, -0.2) is 33.8 Å². The zero-order valence-electron chi connectivity index (χ0n) is 18.9. The molecule has 2 aromatic heterocycles. The number of carbonyl (C=O) groups is 2. The molecule has 3 aromatic rings. The van der Waals surface area contributed by atoms with E-state index in [9.17, 15) is 19.6 Å². The Morgan fingerprint density at radius 1 is 1.29 bits per heavy atom. The van der Waals surface area contributed by atoms with Crippen LogP contribution in [-0.2, 0) is 33.7 Å². The molecule has 0 radical (unpaired) electrons. The number of rotatable bonds is 6. The summed E-state index contributed by atoms with van der Waals surface area (Å²) in [7, 11) is 1.25. The first-order chi connectivity index (χ1) is 16.4. The number of thioether (sulfide) groups is 1. The highest BCUT2D eigenvalue weighted by Crippen LogP contribution is 2.37. The van der Waals surface area contributed by atoms with E-state index in [-0.39, 0.29) is 23.2 Å². The van der Waals surface area contributed by atoms with Crippen LogP contribution < -0.4 is 10.9 Å². The average molecular weight is 497 g/mol. The number of methoxy groups -OCH3 is 1. The van der Waals surface area contributed by atoms with Crippen LogP contribution in [0.5, 0.6) is 0 Å². The molecular formula is C24H24N4O4S2. The minimum atomic E-state index is -0.634. The molecule has 4 rings (SSSR count). The molecule has 176 valence electrons. The number of aromatic nitrogens is 2. The van der Waals surface area contributed by atoms with Gasteiger partial charge in [0.05, 0.1) is 28.8 Å². The molecule has 0 fully saturated rings. The van der Waals surface area contributed by atoms with Crippen LogP contribution in [0.2, 0.25) is 0 Å². The van der Waals surface area contributed by atoms with Gasteiger partial charge >= 0.3 is 5.97 Å². The Morgan fingerprint density at radius 2 is 2.06 bits per heavy atom. The van der Waals surface area contributed by atoms with Gasteiger partial charge in [-0.15, -0.1) is 11.3 Å². The summed E-state index contributed by atoms with van der Waals surface area (Å²) in [6.07, 6.45) is 5.06. The van der Waals surface area contributed by atoms with E-state index in [1.165, 1.54) is 27.9 Å². The second-order valence-corrected chi connectivity index (χ2v) is 10.4. The van der Waals surface area contributed by atoms with Crippen LogP contribution in [0.3, 0.4) is 0 Å². The molecule has 0 bridgehead atoms. The Bertz CT molecular complexity index is 1360. The molecule has 1 atom stereocenters. The molecule has 0 aliphatic heterocycles. The lowest BCUT2D eigenvalue weighted by atomic mass is 10.1. The minimum absolute atomic E-state index is 0.249. The number of thiophene rings is 1. The summed E-state index contributed by atoms with van der Waals surface area (Å²) < 4.78 is 5.97. The van der Waals surface area contributed by atoms with Crippen LogP contribution in [0, 0.1) is 11.3 Å². The first-order valence-electron chi connectivity index (χ1n) is 11.0. The standard InChI is InChI=1S/C24H24N4O4S2/c1-14(21(30)27-22-17(12-25)15-8-4-3-5-11-19(15)34-22)33-24-26-18-10-7-6-9-16(18)23(31)28(24)13-20(29)32-2/h6-7,9-10,14H,3-5,8,11,13H2,1-2H3,(H,27,30). The molecule has 2 heterocycles. The van der Waals surface area contributed by atoms with Crippen molar-refractivity contribution < 1.29 is 14.3 Å². The molecule has 1 aliphatic carbocycles. The van der Waals surface area contributed by atoms with Gasteiger partial charge in [0.25, 0.3) is 5.56 Å². The molecule has 0 saturated heterocycles. The summed E-state index contributed by atoms with van der Waals surface area (Å²) in [5.41, 5.74) is 1.72. The van der Waals surface area contributed by atoms with Gasteiger partial charge in [-0.05, 0) is 50.3 Å². The average Bonchev–Trinajstić information content (AvgIpc) is 2.99. The Kier molecular flexibility index (Phi) is 7.34. The third-order valence-corrected chi connectivity index (χ3v) is 8.06. The number of benzene rings is 1. The van der Waals surface area contributed by atoms with E-state index in [0.717, 1.165) is 49.4 Å². The van der Waals surface area contributed by atoms with E-state index in [1.807, 2.05) is 0 Å². The first kappa shape index (κ1) is 24.0. The van der Waals surface area contributed by atoms with Crippen molar-refractivity contribution in [1.82, 2.24) is 9.55 Å². The molecule has 1 amide bonds. The SMILES string of the molecule is COC(=O)Cn1c(SC(C)C(=O)Nc2sc3c(c2C#N)CCCCC3)nc2ccccc2c1=O. The maximum absolute atomic E-state index is 13.1. The Hall–Kier alpha value is -3.16. The van der Waals surface area contributed by atoms with Crippen molar-refractivity contribution in [2.75, 3.05) is 12.4 Å². The number of aryl methyl sites for hydroxylation is 1. The molecule has 8 nitrogen and oxygen atoms in total. The van der Waals surface area contributed by atoms with Crippen LogP contribution in [0.4, 0.5) is 5.00 Å². The maximum atomic E-state index is 13.1. The fraction of sp³-hybridized carbons (Fsp3) is 0.375. The molecule has 1 unspecified atom stereocenters. The quantitative estimate of drug-likeness (QED) is 0.238. The van der Waals surface area contributed by atoms with E-state index < -0.39 is 11.2 Å². The molecule has 0 spiro atoms. The number of fused-ring (bicyclic) bond motifs is 2. The van der Waals surface area contributed by atoms with Gasteiger partial charge < -0.3 is 10.1 Å². The third kappa shape index (κ3) is 4.86. The number of amides is 1. The van der Waals surface area contributed by atoms with Crippen molar-refractivity contribution >= 4 is 50.9 Å². The second kappa shape index (κ2) is 10.4. The smallest absolute Gasteiger partial charge is 0.325 e. The summed E-state index contributed by atoms with van der Waals surface area (Å²) >= 11 is 2.56. The fourth-order valence-corrected chi connectivity index (χ4v) is 6.10. The zero-order valence-corrected chi connectivity index (χ0v) is 20.6. The van der Waals surface area contributed by atoms with Gasteiger partial charge in [-0.1, -0.05) is 30.3 Å². The molecule has 1 N–H and O–H groups in total. The van der Waals surface area contributed by atoms with Crippen molar-refractivity contribution in [3.05, 3.63) is 50.6 Å². The second-order valence-electron chi connectivity index (χ2n) is 8.01. The lowest BCUT2D eigenvalue weighted by Crippen LogP contribution is -2.29. The predicted molar refractivity (Wildman–Crippen MR) is 132 cm³/mol. The van der Waals surface area contributed by atoms with E-state index >= 15 is 0 Å². The number of nitriles is 1. The Morgan fingerprint density at radius 3 is 2.82 bits per heavy atom. The minimum Gasteiger partial charge on any atom is -0.468 e. The van der Waals surface area contributed by atoms with Crippen molar-refractivity contribution in [1.29, 1.82) is 5.26 Å². The topological polar surface area (TPSA) is 114 Å². The first-order valence-corrected chi connectivity index (χ1v) is 12.7. The van der Waals surface area contributed by atoms with Gasteiger partial charge in [0.15, 0.2) is 5.16 Å². The summed E-state index contributed by atoms with van der Waals surface area (Å²) in [6.45, 7) is 1.40. The number of ether oxygens (including phenoxy) is 1. The van der Waals surface area contributed by atoms with Crippen LogP contribution in [0.15, 0.2) is 34.2 Å². The van der Waals surface area contributed by atoms with Gasteiger partial charge in [0, 0.05) is 4.88 Å². The fourth-order valence-electron chi connectivity index (χ4n) is 3.94. The van der Waals surface area contributed by atoms with Crippen molar-refractivity contribution in [3.8, 4) is 6.07 Å². The lowest BCUT2D eigenvalue weighted by Gasteiger charge is -2.15. The van der Waals surface area contributed by atoms with Gasteiger partial charge in [0.1, 0.15) is 17.6 Å². The predicted octanol–water partition coefficient (Wildman–Crippen LogP) is 3.89. The van der Waals surface area contributed by atoms with E-state index in [1.54, 1.807) is 31.2 Å². The van der Waals surface area contributed by atoms with E-state index in [4.69, 9.17) is 4.74 Å². The van der Waals surface area contributed by atoms with Crippen LogP contribution in [0.25, 0.3) is 10.9 Å². The Balaban J connectivity index is 1.61. The zero-order chi connectivity index (χ0) is 24.2. The summed E-state index contributed by atoms with van der Waals surface area (Å²) in [5.74, 6) is -0.887. The van der Waals surface area contributed by atoms with Crippen LogP contribution >= 0.6 is 23.1 Å². The van der Waals surface area contributed by atoms with E-state index in [2.05, 4.69) is 16.4 Å². The van der Waals surface area contributed by atoms with Crippen LogP contribution in [0.1, 0.15) is 42.2 Å². The molecule has 10 heteroatoms. The maximum Gasteiger partial charge on any atom is 0.325 e. The summed E-state index contributed by atoms with van der Waals surface area (Å²) in [6, 6.07) is 9.13. The molecule has 0 saturated carbocycles. The number of para-hydroxylation sites is 1. The highest BCUT2D eigenvalue weighted by molar-refractivity contribution is 8.00. The highest BCUT2D eigenvalue weighted by atomic mass is 32.2. The molecule has 1 aromatic carbocycles. The monoisotopic (exact) mass is 496 g/mol. The number of anilines is 1. The number of esters is 1. The number of hydrogen-bond acceptors (Lipinski definition) is 8. The molecule has 1 aliphatic rings. The third-order valence-electron chi connectivity index (χ3n) is 5.76. The number of carbonyl (C=O) groups excluding carboxylic acids is 2. The number of nitrogens with one attached hydrogen (secondary N) is 1. The van der Waals surface area contributed by atoms with Crippen molar-refractivity contribution in [3.63, 3.8) is 0 Å². The summed E-state index contributed by atoms with van der Waals surface area (Å²) in [5, 5.41) is 13.2. The van der Waals surface area contributed by atoms with Gasteiger partial charge in [-0.25, -0.2) is 4.98 Å². The van der Waals surface area contributed by atoms with Gasteiger partial charge in [-0.2, -0.15) is 5.26 Å². The normalized spacial score (nSPS) is 14.0.